The summed E-state index contributed by atoms with van der Waals surface area (Å²) in [5.41, 5.74) is 0. The van der Waals surface area contributed by atoms with Crippen LogP contribution in [0.3, 0.4) is 0 Å². The van der Waals surface area contributed by atoms with Gasteiger partial charge in [0.1, 0.15) is 6.04 Å². The number of nitrogens with one attached hydrogen (secondary N) is 1. The Morgan fingerprint density at radius 1 is 1.50 bits per heavy atom. The van der Waals surface area contributed by atoms with Gasteiger partial charge in [0.15, 0.2) is 0 Å². The monoisotopic (exact) mass is 199 g/mol. The van der Waals surface area contributed by atoms with Crippen LogP contribution >= 0.6 is 0 Å². The summed E-state index contributed by atoms with van der Waals surface area (Å²) in [5, 5.41) is 11.2. The first-order valence-corrected chi connectivity index (χ1v) is 4.60. The lowest BCUT2D eigenvalue weighted by Crippen LogP contribution is -2.41. The summed E-state index contributed by atoms with van der Waals surface area (Å²) in [7, 11) is 0. The second kappa shape index (κ2) is 6.18. The van der Waals surface area contributed by atoms with Gasteiger partial charge in [-0.1, -0.05) is 19.9 Å². The maximum Gasteiger partial charge on any atom is 0.326 e. The van der Waals surface area contributed by atoms with E-state index in [1.54, 1.807) is 0 Å². The van der Waals surface area contributed by atoms with Gasteiger partial charge in [-0.2, -0.15) is 0 Å². The molecule has 14 heavy (non-hydrogen) atoms. The Balaban J connectivity index is 4.15. The van der Waals surface area contributed by atoms with Gasteiger partial charge in [0.25, 0.3) is 0 Å². The predicted octanol–water partition coefficient (Wildman–Crippen LogP) is 1.18. The largest absolute Gasteiger partial charge is 0.480 e. The SMILES string of the molecule is C=CCC(=O)N[C@@H](CC(C)C)C(=O)O. The number of hydrogen-bond donors (Lipinski definition) is 2. The lowest BCUT2D eigenvalue weighted by atomic mass is 10.0. The van der Waals surface area contributed by atoms with Crippen LogP contribution in [0.4, 0.5) is 0 Å². The van der Waals surface area contributed by atoms with Gasteiger partial charge < -0.3 is 10.4 Å². The molecule has 0 aliphatic heterocycles. The molecule has 0 fully saturated rings. The van der Waals surface area contributed by atoms with Crippen molar-refractivity contribution in [1.29, 1.82) is 0 Å². The first-order chi connectivity index (χ1) is 6.47. The summed E-state index contributed by atoms with van der Waals surface area (Å²) in [6, 6.07) is -0.789. The third kappa shape index (κ3) is 5.35. The zero-order valence-corrected chi connectivity index (χ0v) is 8.62. The Labute approximate surface area is 84.0 Å². The van der Waals surface area contributed by atoms with E-state index in [4.69, 9.17) is 5.11 Å². The zero-order chi connectivity index (χ0) is 11.1. The fraction of sp³-hybridized carbons (Fsp3) is 0.600. The molecule has 0 spiro atoms. The van der Waals surface area contributed by atoms with Crippen molar-refractivity contribution >= 4 is 11.9 Å². The predicted molar refractivity (Wildman–Crippen MR) is 53.8 cm³/mol. The standard InChI is InChI=1S/C10H17NO3/c1-4-5-9(12)11-8(10(13)14)6-7(2)3/h4,7-8H,1,5-6H2,2-3H3,(H,11,12)(H,13,14)/t8-/m0/s1. The van der Waals surface area contributed by atoms with Crippen LogP contribution < -0.4 is 5.32 Å². The minimum absolute atomic E-state index is 0.155. The molecule has 4 heteroatoms. The molecule has 0 unspecified atom stereocenters. The highest BCUT2D eigenvalue weighted by Gasteiger charge is 2.20. The molecule has 0 bridgehead atoms. The van der Waals surface area contributed by atoms with E-state index in [-0.39, 0.29) is 18.2 Å². The molecule has 0 aromatic heterocycles. The lowest BCUT2D eigenvalue weighted by Gasteiger charge is -2.15. The van der Waals surface area contributed by atoms with Gasteiger partial charge in [-0.3, -0.25) is 4.79 Å². The van der Waals surface area contributed by atoms with Gasteiger partial charge in [-0.05, 0) is 12.3 Å². The number of rotatable bonds is 6. The molecule has 0 saturated heterocycles. The summed E-state index contributed by atoms with van der Waals surface area (Å²) >= 11 is 0. The minimum Gasteiger partial charge on any atom is -0.480 e. The molecule has 2 N–H and O–H groups in total. The highest BCUT2D eigenvalue weighted by molar-refractivity contribution is 5.84. The normalized spacial score (nSPS) is 12.2. The van der Waals surface area contributed by atoms with Gasteiger partial charge in [-0.25, -0.2) is 4.79 Å². The van der Waals surface area contributed by atoms with Gasteiger partial charge in [-0.15, -0.1) is 6.58 Å². The molecule has 0 aromatic carbocycles. The van der Waals surface area contributed by atoms with Crippen LogP contribution in [0.25, 0.3) is 0 Å². The summed E-state index contributed by atoms with van der Waals surface area (Å²) in [6.07, 6.45) is 2.05. The van der Waals surface area contributed by atoms with E-state index in [9.17, 15) is 9.59 Å². The highest BCUT2D eigenvalue weighted by Crippen LogP contribution is 2.05. The van der Waals surface area contributed by atoms with Gasteiger partial charge >= 0.3 is 5.97 Å². The molecule has 0 aromatic rings. The van der Waals surface area contributed by atoms with Crippen LogP contribution in [0.15, 0.2) is 12.7 Å². The molecule has 0 rings (SSSR count). The van der Waals surface area contributed by atoms with Gasteiger partial charge in [0.2, 0.25) is 5.91 Å². The molecule has 0 radical (unpaired) electrons. The number of carboxylic acids is 1. The molecule has 0 aliphatic carbocycles. The Kier molecular flexibility index (Phi) is 5.60. The van der Waals surface area contributed by atoms with E-state index in [1.165, 1.54) is 6.08 Å². The Morgan fingerprint density at radius 3 is 2.43 bits per heavy atom. The first-order valence-electron chi connectivity index (χ1n) is 4.60. The third-order valence-corrected chi connectivity index (χ3v) is 1.67. The Hall–Kier alpha value is -1.32. The molecule has 1 amide bonds. The molecule has 0 saturated carbocycles. The lowest BCUT2D eigenvalue weighted by molar-refractivity contribution is -0.142. The Morgan fingerprint density at radius 2 is 2.07 bits per heavy atom. The molecule has 80 valence electrons. The molecular weight excluding hydrogens is 182 g/mol. The van der Waals surface area contributed by atoms with Crippen molar-refractivity contribution in [2.45, 2.75) is 32.7 Å². The molecule has 0 heterocycles. The van der Waals surface area contributed by atoms with Crippen molar-refractivity contribution in [3.63, 3.8) is 0 Å². The fourth-order valence-corrected chi connectivity index (χ4v) is 1.08. The smallest absolute Gasteiger partial charge is 0.326 e. The van der Waals surface area contributed by atoms with Crippen molar-refractivity contribution in [3.05, 3.63) is 12.7 Å². The zero-order valence-electron chi connectivity index (χ0n) is 8.62. The van der Waals surface area contributed by atoms with Gasteiger partial charge in [0.05, 0.1) is 0 Å². The summed E-state index contributed by atoms with van der Waals surface area (Å²) in [5.74, 6) is -1.05. The molecule has 1 atom stereocenters. The summed E-state index contributed by atoms with van der Waals surface area (Å²) < 4.78 is 0. The van der Waals surface area contributed by atoms with Crippen molar-refractivity contribution in [1.82, 2.24) is 5.32 Å². The van der Waals surface area contributed by atoms with E-state index >= 15 is 0 Å². The minimum atomic E-state index is -0.990. The van der Waals surface area contributed by atoms with Crippen molar-refractivity contribution in [3.8, 4) is 0 Å². The second-order valence-electron chi connectivity index (χ2n) is 3.58. The van der Waals surface area contributed by atoms with Crippen LogP contribution in [0.5, 0.6) is 0 Å². The summed E-state index contributed by atoms with van der Waals surface area (Å²) in [6.45, 7) is 7.23. The van der Waals surface area contributed by atoms with Gasteiger partial charge in [0, 0.05) is 6.42 Å². The Bertz CT molecular complexity index is 223. The highest BCUT2D eigenvalue weighted by atomic mass is 16.4. The maximum atomic E-state index is 11.1. The summed E-state index contributed by atoms with van der Waals surface area (Å²) in [4.78, 5) is 21.8. The van der Waals surface area contributed by atoms with Crippen LogP contribution in [0.2, 0.25) is 0 Å². The van der Waals surface area contributed by atoms with Crippen molar-refractivity contribution in [2.24, 2.45) is 5.92 Å². The van der Waals surface area contributed by atoms with E-state index in [0.717, 1.165) is 0 Å². The van der Waals surface area contributed by atoms with E-state index in [1.807, 2.05) is 13.8 Å². The molecule has 4 nitrogen and oxygen atoms in total. The van der Waals surface area contributed by atoms with Crippen LogP contribution in [0, 0.1) is 5.92 Å². The second-order valence-corrected chi connectivity index (χ2v) is 3.58. The first kappa shape index (κ1) is 12.7. The quantitative estimate of drug-likeness (QED) is 0.631. The van der Waals surface area contributed by atoms with E-state index in [2.05, 4.69) is 11.9 Å². The molecular formula is C10H17NO3. The number of amides is 1. The number of carbonyl (C=O) groups excluding carboxylic acids is 1. The fourth-order valence-electron chi connectivity index (χ4n) is 1.08. The van der Waals surface area contributed by atoms with Crippen LogP contribution in [-0.4, -0.2) is 23.0 Å². The maximum absolute atomic E-state index is 11.1. The average Bonchev–Trinajstić information content (AvgIpc) is 2.02. The molecule has 0 aliphatic rings. The van der Waals surface area contributed by atoms with Crippen molar-refractivity contribution in [2.75, 3.05) is 0 Å². The van der Waals surface area contributed by atoms with Crippen LogP contribution in [-0.2, 0) is 9.59 Å². The van der Waals surface area contributed by atoms with E-state index < -0.39 is 12.0 Å². The third-order valence-electron chi connectivity index (χ3n) is 1.67. The number of carboxylic acid groups (broad SMARTS) is 1. The van der Waals surface area contributed by atoms with E-state index in [0.29, 0.717) is 6.42 Å². The number of aliphatic carboxylic acids is 1. The number of carbonyl (C=O) groups is 2. The van der Waals surface area contributed by atoms with Crippen LogP contribution in [0.1, 0.15) is 26.7 Å². The topological polar surface area (TPSA) is 66.4 Å². The average molecular weight is 199 g/mol. The number of hydrogen-bond acceptors (Lipinski definition) is 2. The van der Waals surface area contributed by atoms with Crippen molar-refractivity contribution < 1.29 is 14.7 Å².